The molecule has 0 atom stereocenters. The Balaban J connectivity index is 1.40. The maximum atomic E-state index is 12.2. The zero-order valence-electron chi connectivity index (χ0n) is 14.8. The predicted molar refractivity (Wildman–Crippen MR) is 103 cm³/mol. The maximum absolute atomic E-state index is 12.2. The van der Waals surface area contributed by atoms with Crippen LogP contribution in [-0.2, 0) is 4.79 Å². The van der Waals surface area contributed by atoms with Crippen LogP contribution in [0.4, 0.5) is 0 Å². The molecule has 2 amide bonds. The molecule has 0 saturated carbocycles. The van der Waals surface area contributed by atoms with Crippen LogP contribution in [0.3, 0.4) is 0 Å². The minimum Gasteiger partial charge on any atom is -0.459 e. The van der Waals surface area contributed by atoms with Crippen molar-refractivity contribution in [2.75, 3.05) is 13.1 Å². The first-order valence-electron chi connectivity index (χ1n) is 8.94. The van der Waals surface area contributed by atoms with E-state index in [1.54, 1.807) is 29.2 Å². The molecule has 0 bridgehead atoms. The molecule has 3 rings (SSSR count). The zero-order valence-corrected chi connectivity index (χ0v) is 16.4. The van der Waals surface area contributed by atoms with Crippen LogP contribution in [0, 0.1) is 0 Å². The van der Waals surface area contributed by atoms with Crippen LogP contribution < -0.4 is 5.32 Å². The molecule has 6 nitrogen and oxygen atoms in total. The monoisotopic (exact) mass is 432 g/mol. The molecule has 1 saturated heterocycles. The van der Waals surface area contributed by atoms with Gasteiger partial charge in [0.25, 0.3) is 5.91 Å². The Morgan fingerprint density at radius 1 is 1.07 bits per heavy atom. The van der Waals surface area contributed by atoms with Crippen molar-refractivity contribution in [2.24, 2.45) is 0 Å². The third-order valence-electron chi connectivity index (χ3n) is 4.62. The van der Waals surface area contributed by atoms with Gasteiger partial charge in [-0.3, -0.25) is 14.4 Å². The summed E-state index contributed by atoms with van der Waals surface area (Å²) in [6, 6.07) is 10.5. The third kappa shape index (κ3) is 5.29. The van der Waals surface area contributed by atoms with Crippen LogP contribution >= 0.6 is 15.9 Å². The van der Waals surface area contributed by atoms with E-state index in [4.69, 9.17) is 4.42 Å². The lowest BCUT2D eigenvalue weighted by atomic mass is 10.0. The van der Waals surface area contributed by atoms with Crippen LogP contribution in [0.2, 0.25) is 0 Å². The molecule has 1 aliphatic heterocycles. The molecule has 27 heavy (non-hydrogen) atoms. The first kappa shape index (κ1) is 19.4. The number of hydrogen-bond acceptors (Lipinski definition) is 4. The van der Waals surface area contributed by atoms with Gasteiger partial charge >= 0.3 is 0 Å². The van der Waals surface area contributed by atoms with Gasteiger partial charge in [0.05, 0.1) is 6.26 Å². The topological polar surface area (TPSA) is 79.6 Å². The average molecular weight is 433 g/mol. The number of halogens is 1. The Morgan fingerprint density at radius 3 is 2.41 bits per heavy atom. The zero-order chi connectivity index (χ0) is 19.2. The average Bonchev–Trinajstić information content (AvgIpc) is 3.21. The van der Waals surface area contributed by atoms with E-state index in [0.717, 1.165) is 4.47 Å². The van der Waals surface area contributed by atoms with Crippen molar-refractivity contribution in [3.8, 4) is 0 Å². The molecule has 2 heterocycles. The van der Waals surface area contributed by atoms with E-state index < -0.39 is 0 Å². The van der Waals surface area contributed by atoms with Gasteiger partial charge in [0.15, 0.2) is 11.5 Å². The number of piperidine rings is 1. The number of likely N-dealkylation sites (tertiary alicyclic amines) is 1. The van der Waals surface area contributed by atoms with Crippen LogP contribution in [-0.4, -0.2) is 41.6 Å². The van der Waals surface area contributed by atoms with Crippen LogP contribution in [0.1, 0.15) is 46.6 Å². The number of carbonyl (C=O) groups is 3. The highest BCUT2D eigenvalue weighted by atomic mass is 79.9. The lowest BCUT2D eigenvalue weighted by Gasteiger charge is -2.31. The summed E-state index contributed by atoms with van der Waals surface area (Å²) >= 11 is 3.33. The molecule has 1 aromatic carbocycles. The molecule has 2 aromatic rings. The molecule has 0 unspecified atom stereocenters. The summed E-state index contributed by atoms with van der Waals surface area (Å²) < 4.78 is 6.05. The van der Waals surface area contributed by atoms with Gasteiger partial charge in [-0.25, -0.2) is 0 Å². The van der Waals surface area contributed by atoms with E-state index in [9.17, 15) is 14.4 Å². The van der Waals surface area contributed by atoms with Gasteiger partial charge in [-0.2, -0.15) is 0 Å². The van der Waals surface area contributed by atoms with Gasteiger partial charge in [-0.1, -0.05) is 28.1 Å². The molecule has 142 valence electrons. The Kier molecular flexibility index (Phi) is 6.45. The Labute approximate surface area is 166 Å². The van der Waals surface area contributed by atoms with Crippen molar-refractivity contribution in [3.63, 3.8) is 0 Å². The van der Waals surface area contributed by atoms with Crippen molar-refractivity contribution in [1.29, 1.82) is 0 Å². The summed E-state index contributed by atoms with van der Waals surface area (Å²) in [5, 5.41) is 2.97. The number of ketones is 1. The highest BCUT2D eigenvalue weighted by molar-refractivity contribution is 9.10. The number of furan rings is 1. The van der Waals surface area contributed by atoms with E-state index in [2.05, 4.69) is 21.2 Å². The molecule has 1 fully saturated rings. The number of nitrogens with one attached hydrogen (secondary N) is 1. The van der Waals surface area contributed by atoms with Crippen molar-refractivity contribution < 1.29 is 18.8 Å². The number of benzene rings is 1. The van der Waals surface area contributed by atoms with E-state index >= 15 is 0 Å². The van der Waals surface area contributed by atoms with Crippen molar-refractivity contribution in [2.45, 2.75) is 31.7 Å². The van der Waals surface area contributed by atoms with E-state index in [1.807, 2.05) is 12.1 Å². The van der Waals surface area contributed by atoms with Crippen LogP contribution in [0.25, 0.3) is 0 Å². The summed E-state index contributed by atoms with van der Waals surface area (Å²) in [4.78, 5) is 38.2. The normalized spacial score (nSPS) is 14.8. The van der Waals surface area contributed by atoms with Gasteiger partial charge < -0.3 is 14.6 Å². The van der Waals surface area contributed by atoms with Gasteiger partial charge in [0.1, 0.15) is 0 Å². The molecule has 1 aliphatic rings. The number of hydrogen-bond donors (Lipinski definition) is 1. The summed E-state index contributed by atoms with van der Waals surface area (Å²) in [6.45, 7) is 1.14. The summed E-state index contributed by atoms with van der Waals surface area (Å²) in [6.07, 6.45) is 3.22. The molecule has 0 aliphatic carbocycles. The fourth-order valence-electron chi connectivity index (χ4n) is 3.09. The highest BCUT2D eigenvalue weighted by Gasteiger charge is 2.25. The van der Waals surface area contributed by atoms with Crippen LogP contribution in [0.15, 0.2) is 51.6 Å². The van der Waals surface area contributed by atoms with E-state index in [1.165, 1.54) is 6.26 Å². The minimum atomic E-state index is -0.128. The number of Topliss-reactive ketones (excluding diaryl/α,β-unsaturated/α-hetero) is 1. The van der Waals surface area contributed by atoms with Gasteiger partial charge in [0.2, 0.25) is 5.91 Å². The molecule has 7 heteroatoms. The predicted octanol–water partition coefficient (Wildman–Crippen LogP) is 3.43. The Hall–Kier alpha value is -2.41. The molecule has 1 aromatic heterocycles. The summed E-state index contributed by atoms with van der Waals surface area (Å²) in [7, 11) is 0. The first-order valence-corrected chi connectivity index (χ1v) is 9.73. The molecular formula is C20H21BrN2O4. The molecule has 0 spiro atoms. The largest absolute Gasteiger partial charge is 0.459 e. The lowest BCUT2D eigenvalue weighted by Crippen LogP contribution is -2.46. The van der Waals surface area contributed by atoms with Crippen molar-refractivity contribution in [3.05, 3.63) is 58.5 Å². The second kappa shape index (κ2) is 8.99. The quantitative estimate of drug-likeness (QED) is 0.709. The van der Waals surface area contributed by atoms with Gasteiger partial charge in [-0.15, -0.1) is 0 Å². The van der Waals surface area contributed by atoms with Gasteiger partial charge in [-0.05, 0) is 37.1 Å². The van der Waals surface area contributed by atoms with Crippen molar-refractivity contribution >= 4 is 33.5 Å². The fraction of sp³-hybridized carbons (Fsp3) is 0.350. The fourth-order valence-corrected chi connectivity index (χ4v) is 3.35. The Bertz CT molecular complexity index is 794. The highest BCUT2D eigenvalue weighted by Crippen LogP contribution is 2.15. The first-order chi connectivity index (χ1) is 13.0. The molecule has 1 N–H and O–H groups in total. The van der Waals surface area contributed by atoms with E-state index in [-0.39, 0.29) is 36.5 Å². The second-order valence-electron chi connectivity index (χ2n) is 6.54. The Morgan fingerprint density at radius 2 is 1.78 bits per heavy atom. The summed E-state index contributed by atoms with van der Waals surface area (Å²) in [5.74, 6) is 0.0431. The minimum absolute atomic E-state index is 0.0286. The smallest absolute Gasteiger partial charge is 0.289 e. The standard InChI is InChI=1S/C20H21BrN2O4/c21-15-5-3-14(4-6-15)17(24)7-8-19(25)22-16-9-11-23(12-10-16)20(26)18-2-1-13-27-18/h1-6,13,16H,7-12H2,(H,22,25). The van der Waals surface area contributed by atoms with Gasteiger partial charge in [0, 0.05) is 42.0 Å². The number of carbonyl (C=O) groups excluding carboxylic acids is 3. The third-order valence-corrected chi connectivity index (χ3v) is 5.15. The number of amides is 2. The van der Waals surface area contributed by atoms with Crippen LogP contribution in [0.5, 0.6) is 0 Å². The van der Waals surface area contributed by atoms with E-state index in [0.29, 0.717) is 37.3 Å². The second-order valence-corrected chi connectivity index (χ2v) is 7.46. The molecule has 0 radical (unpaired) electrons. The lowest BCUT2D eigenvalue weighted by molar-refractivity contribution is -0.122. The summed E-state index contributed by atoms with van der Waals surface area (Å²) in [5.41, 5.74) is 0.607. The SMILES string of the molecule is O=C(CCC(=O)c1ccc(Br)cc1)NC1CCN(C(=O)c2ccco2)CC1. The number of nitrogens with zero attached hydrogens (tertiary/aromatic N) is 1. The molecular weight excluding hydrogens is 412 g/mol. The maximum Gasteiger partial charge on any atom is 0.289 e. The van der Waals surface area contributed by atoms with Crippen molar-refractivity contribution in [1.82, 2.24) is 10.2 Å². The number of rotatable bonds is 6.